The van der Waals surface area contributed by atoms with Crippen molar-refractivity contribution in [2.45, 2.75) is 52.9 Å². The number of hydrogen-bond donors (Lipinski definition) is 0. The number of nitro groups is 1. The second-order valence-electron chi connectivity index (χ2n) is 5.53. The van der Waals surface area contributed by atoms with Crippen LogP contribution in [0.4, 0.5) is 0 Å². The first-order valence-corrected chi connectivity index (χ1v) is 6.34. The maximum atomic E-state index is 10.9. The van der Waals surface area contributed by atoms with Gasteiger partial charge in [-0.1, -0.05) is 33.6 Å². The van der Waals surface area contributed by atoms with Gasteiger partial charge in [-0.15, -0.1) is 0 Å². The summed E-state index contributed by atoms with van der Waals surface area (Å²) in [6.45, 7) is 6.32. The van der Waals surface area contributed by atoms with Crippen LogP contribution in [0.25, 0.3) is 0 Å². The zero-order valence-electron chi connectivity index (χ0n) is 10.6. The van der Waals surface area contributed by atoms with E-state index < -0.39 is 0 Å². The van der Waals surface area contributed by atoms with Gasteiger partial charge in [-0.3, -0.25) is 10.1 Å². The zero-order chi connectivity index (χ0) is 12.1. The summed E-state index contributed by atoms with van der Waals surface area (Å²) in [5.74, 6) is 1.60. The molecule has 92 valence electrons. The van der Waals surface area contributed by atoms with Crippen molar-refractivity contribution in [1.82, 2.24) is 0 Å². The van der Waals surface area contributed by atoms with Crippen LogP contribution in [0.1, 0.15) is 52.9 Å². The lowest BCUT2D eigenvalue weighted by atomic mass is 9.82. The third-order valence-electron chi connectivity index (χ3n) is 3.34. The first-order chi connectivity index (χ1) is 7.49. The van der Waals surface area contributed by atoms with Gasteiger partial charge in [0.2, 0.25) is 5.70 Å². The second-order valence-corrected chi connectivity index (χ2v) is 5.53. The van der Waals surface area contributed by atoms with Crippen molar-refractivity contribution in [3.8, 4) is 0 Å². The number of rotatable bonds is 4. The molecule has 0 saturated heterocycles. The lowest BCUT2D eigenvalue weighted by molar-refractivity contribution is -0.429. The Bertz CT molecular complexity index is 263. The molecule has 0 atom stereocenters. The van der Waals surface area contributed by atoms with Crippen LogP contribution in [0.3, 0.4) is 0 Å². The third-order valence-corrected chi connectivity index (χ3v) is 3.34. The Morgan fingerprint density at radius 3 is 2.38 bits per heavy atom. The van der Waals surface area contributed by atoms with Crippen LogP contribution in [0, 0.1) is 27.9 Å². The zero-order valence-corrected chi connectivity index (χ0v) is 10.6. The van der Waals surface area contributed by atoms with Crippen LogP contribution in [0.2, 0.25) is 0 Å². The molecular formula is C13H23NO2. The van der Waals surface area contributed by atoms with Gasteiger partial charge in [0.15, 0.2) is 0 Å². The molecule has 0 aliphatic heterocycles. The molecule has 3 heteroatoms. The van der Waals surface area contributed by atoms with E-state index in [1.54, 1.807) is 0 Å². The van der Waals surface area contributed by atoms with Crippen LogP contribution >= 0.6 is 0 Å². The third kappa shape index (κ3) is 4.33. The maximum Gasteiger partial charge on any atom is 0.242 e. The van der Waals surface area contributed by atoms with Crippen molar-refractivity contribution < 1.29 is 4.92 Å². The molecule has 0 amide bonds. The fourth-order valence-corrected chi connectivity index (χ4v) is 2.35. The molecule has 0 N–H and O–H groups in total. The average molecular weight is 225 g/mol. The number of allylic oxidation sites excluding steroid dienone is 2. The maximum absolute atomic E-state index is 10.9. The molecular weight excluding hydrogens is 202 g/mol. The Morgan fingerprint density at radius 1 is 1.38 bits per heavy atom. The van der Waals surface area contributed by atoms with Gasteiger partial charge in [-0.25, -0.2) is 0 Å². The summed E-state index contributed by atoms with van der Waals surface area (Å²) < 4.78 is 0. The summed E-state index contributed by atoms with van der Waals surface area (Å²) in [6, 6.07) is 0. The lowest BCUT2D eigenvalue weighted by Crippen LogP contribution is -2.13. The minimum absolute atomic E-state index is 0.196. The van der Waals surface area contributed by atoms with Crippen molar-refractivity contribution >= 4 is 0 Å². The van der Waals surface area contributed by atoms with E-state index in [-0.39, 0.29) is 4.92 Å². The van der Waals surface area contributed by atoms with Crippen molar-refractivity contribution in [2.75, 3.05) is 0 Å². The molecule has 1 saturated carbocycles. The Kier molecular flexibility index (Phi) is 4.97. The molecule has 0 bridgehead atoms. The van der Waals surface area contributed by atoms with Crippen molar-refractivity contribution in [3.63, 3.8) is 0 Å². The van der Waals surface area contributed by atoms with Crippen molar-refractivity contribution in [3.05, 3.63) is 21.9 Å². The Morgan fingerprint density at radius 2 is 1.94 bits per heavy atom. The fraction of sp³-hybridized carbons (Fsp3) is 0.846. The monoisotopic (exact) mass is 225 g/mol. The SMILES string of the molecule is CC(C)CC(=CC1CCC(C)CC1)[N+](=O)[O-]. The fourth-order valence-electron chi connectivity index (χ4n) is 2.35. The largest absolute Gasteiger partial charge is 0.259 e. The Hall–Kier alpha value is -0.860. The molecule has 0 aromatic carbocycles. The van der Waals surface area contributed by atoms with Gasteiger partial charge in [0.1, 0.15) is 0 Å². The summed E-state index contributed by atoms with van der Waals surface area (Å²) >= 11 is 0. The summed E-state index contributed by atoms with van der Waals surface area (Å²) in [6.07, 6.45) is 7.19. The molecule has 1 aliphatic rings. The summed E-state index contributed by atoms with van der Waals surface area (Å²) in [5.41, 5.74) is 0.426. The van der Waals surface area contributed by atoms with E-state index >= 15 is 0 Å². The highest BCUT2D eigenvalue weighted by atomic mass is 16.6. The van der Waals surface area contributed by atoms with Crippen molar-refractivity contribution in [2.24, 2.45) is 17.8 Å². The Balaban J connectivity index is 2.59. The number of nitrogens with zero attached hydrogens (tertiary/aromatic N) is 1. The van der Waals surface area contributed by atoms with E-state index in [2.05, 4.69) is 6.92 Å². The molecule has 0 spiro atoms. The standard InChI is InChI=1S/C13H23NO2/c1-10(2)8-13(14(15)16)9-12-6-4-11(3)5-7-12/h9-12H,4-8H2,1-3H3. The Labute approximate surface area is 98.1 Å². The molecule has 1 fully saturated rings. The van der Waals surface area contributed by atoms with E-state index in [9.17, 15) is 10.1 Å². The van der Waals surface area contributed by atoms with E-state index in [4.69, 9.17) is 0 Å². The number of hydrogen-bond acceptors (Lipinski definition) is 2. The van der Waals surface area contributed by atoms with E-state index in [0.29, 0.717) is 24.0 Å². The van der Waals surface area contributed by atoms with Gasteiger partial charge in [-0.05, 0) is 36.7 Å². The molecule has 3 nitrogen and oxygen atoms in total. The summed E-state index contributed by atoms with van der Waals surface area (Å²) in [4.78, 5) is 10.7. The highest BCUT2D eigenvalue weighted by Gasteiger charge is 2.21. The van der Waals surface area contributed by atoms with Crippen molar-refractivity contribution in [1.29, 1.82) is 0 Å². The molecule has 0 aromatic rings. The lowest BCUT2D eigenvalue weighted by Gasteiger charge is -2.23. The minimum atomic E-state index is -0.196. The molecule has 1 aliphatic carbocycles. The molecule has 16 heavy (non-hydrogen) atoms. The van der Waals surface area contributed by atoms with Crippen LogP contribution in [-0.2, 0) is 0 Å². The van der Waals surface area contributed by atoms with Crippen LogP contribution in [0.5, 0.6) is 0 Å². The van der Waals surface area contributed by atoms with Crippen LogP contribution in [-0.4, -0.2) is 4.92 Å². The molecule has 0 radical (unpaired) electrons. The van der Waals surface area contributed by atoms with E-state index in [1.807, 2.05) is 19.9 Å². The first kappa shape index (κ1) is 13.2. The van der Waals surface area contributed by atoms with Gasteiger partial charge >= 0.3 is 0 Å². The van der Waals surface area contributed by atoms with Gasteiger partial charge < -0.3 is 0 Å². The van der Waals surface area contributed by atoms with E-state index in [1.165, 1.54) is 12.8 Å². The predicted octanol–water partition coefficient (Wildman–Crippen LogP) is 4.02. The minimum Gasteiger partial charge on any atom is -0.259 e. The van der Waals surface area contributed by atoms with Crippen LogP contribution < -0.4 is 0 Å². The molecule has 0 aromatic heterocycles. The smallest absolute Gasteiger partial charge is 0.242 e. The second kappa shape index (κ2) is 6.02. The van der Waals surface area contributed by atoms with Gasteiger partial charge in [0.25, 0.3) is 0 Å². The quantitative estimate of drug-likeness (QED) is 0.535. The van der Waals surface area contributed by atoms with Gasteiger partial charge in [-0.2, -0.15) is 0 Å². The van der Waals surface area contributed by atoms with Gasteiger partial charge in [0.05, 0.1) is 4.92 Å². The van der Waals surface area contributed by atoms with E-state index in [0.717, 1.165) is 18.8 Å². The highest BCUT2D eigenvalue weighted by Crippen LogP contribution is 2.30. The molecule has 1 rings (SSSR count). The summed E-state index contributed by atoms with van der Waals surface area (Å²) in [7, 11) is 0. The average Bonchev–Trinajstić information content (AvgIpc) is 2.19. The molecule has 0 unspecified atom stereocenters. The topological polar surface area (TPSA) is 43.1 Å². The van der Waals surface area contributed by atoms with Gasteiger partial charge in [0, 0.05) is 6.42 Å². The first-order valence-electron chi connectivity index (χ1n) is 6.34. The molecule has 0 heterocycles. The highest BCUT2D eigenvalue weighted by molar-refractivity contribution is 4.98. The normalized spacial score (nSPS) is 27.1. The summed E-state index contributed by atoms with van der Waals surface area (Å²) in [5, 5.41) is 10.9. The van der Waals surface area contributed by atoms with Crippen LogP contribution in [0.15, 0.2) is 11.8 Å². The predicted molar refractivity (Wildman–Crippen MR) is 65.7 cm³/mol.